The molecule has 7 atom stereocenters. The number of thiazole rings is 1. The van der Waals surface area contributed by atoms with E-state index in [2.05, 4.69) is 61.2 Å². The van der Waals surface area contributed by atoms with Crippen LogP contribution in [0.3, 0.4) is 0 Å². The van der Waals surface area contributed by atoms with Gasteiger partial charge in [-0.15, -0.1) is 11.3 Å². The van der Waals surface area contributed by atoms with Gasteiger partial charge in [-0.2, -0.15) is 12.6 Å². The van der Waals surface area contributed by atoms with E-state index < -0.39 is 12.1 Å². The number of thiol groups is 1. The van der Waals surface area contributed by atoms with Crippen LogP contribution in [0.4, 0.5) is 0 Å². The fourth-order valence-corrected chi connectivity index (χ4v) is 8.44. The summed E-state index contributed by atoms with van der Waals surface area (Å²) in [5.41, 5.74) is 1.17. The normalized spacial score (nSPS) is 17.9. The zero-order valence-corrected chi connectivity index (χ0v) is 37.3. The number of likely N-dealkylation sites (tertiary alicyclic amines) is 1. The number of hydrogen-bond donors (Lipinski definition) is 5. The fraction of sp³-hybridized carbons (Fsp3) is 0.698. The second-order valence-corrected chi connectivity index (χ2v) is 17.4. The first-order valence-electron chi connectivity index (χ1n) is 21.1. The van der Waals surface area contributed by atoms with Gasteiger partial charge in [0.1, 0.15) is 28.6 Å². The van der Waals surface area contributed by atoms with Crippen molar-refractivity contribution in [3.05, 3.63) is 45.9 Å². The Balaban J connectivity index is 1.87. The van der Waals surface area contributed by atoms with Crippen molar-refractivity contribution >= 4 is 47.6 Å². The van der Waals surface area contributed by atoms with Crippen LogP contribution in [-0.2, 0) is 25.5 Å². The van der Waals surface area contributed by atoms with Crippen LogP contribution in [0.1, 0.15) is 127 Å². The molecule has 1 saturated heterocycles. The van der Waals surface area contributed by atoms with Crippen molar-refractivity contribution in [1.29, 1.82) is 0 Å². The minimum atomic E-state index is -0.651. The van der Waals surface area contributed by atoms with Crippen LogP contribution in [0.15, 0.2) is 29.6 Å². The lowest BCUT2D eigenvalue weighted by Crippen LogP contribution is -2.58. The number of amides is 4. The van der Waals surface area contributed by atoms with E-state index in [9.17, 15) is 24.3 Å². The zero-order chi connectivity index (χ0) is 42.1. The average Bonchev–Trinajstić information content (AvgIpc) is 3.69. The van der Waals surface area contributed by atoms with Gasteiger partial charge in [0.05, 0.1) is 6.04 Å². The van der Waals surface area contributed by atoms with Gasteiger partial charge in [-0.1, -0.05) is 73.4 Å². The van der Waals surface area contributed by atoms with Crippen molar-refractivity contribution < 1.29 is 29.0 Å². The van der Waals surface area contributed by atoms with Gasteiger partial charge >= 0.3 is 0 Å². The molecule has 1 aromatic carbocycles. The number of aromatic hydroxyl groups is 1. The number of aromatic nitrogens is 1. The summed E-state index contributed by atoms with van der Waals surface area (Å²) in [6.45, 7) is 16.6. The molecule has 0 saturated carbocycles. The van der Waals surface area contributed by atoms with Gasteiger partial charge in [0.15, 0.2) is 0 Å². The smallest absolute Gasteiger partial charge is 0.270 e. The van der Waals surface area contributed by atoms with Crippen LogP contribution >= 0.6 is 24.0 Å². The molecule has 1 aromatic heterocycles. The highest BCUT2D eigenvalue weighted by Crippen LogP contribution is 2.32. The maximum Gasteiger partial charge on any atom is 0.270 e. The Morgan fingerprint density at radius 2 is 1.75 bits per heavy atom. The number of nitrogens with zero attached hydrogens (tertiary/aromatic N) is 3. The van der Waals surface area contributed by atoms with Crippen molar-refractivity contribution in [1.82, 2.24) is 30.7 Å². The Morgan fingerprint density at radius 3 is 2.37 bits per heavy atom. The number of ether oxygens (including phenoxy) is 1. The number of hydrogen-bond acceptors (Lipinski definition) is 10. The largest absolute Gasteiger partial charge is 0.508 e. The standard InChI is InChI=1S/C43H70N6O6S2/c1-9-20-49(43(54)38(29(6)11-3)47-41(53)35-14-12-13-21-48(35)8)36(28(4)5)26-37(55-22-10-2)42-46-34(27-57-42)40(52)45-32(24-30(7)39(51)44-19-23-56)25-31-15-17-33(50)18-16-31/h15-18,27-30,32,35-38,50,56H,9-14,19-26H2,1-8H3,(H,44,51)(H,45,52)(H,47,53)/t29-,30-,32?,35+,36+,37+,38-/m0/s1. The quantitative estimate of drug-likeness (QED) is 0.0763. The second-order valence-electron chi connectivity index (χ2n) is 16.1. The van der Waals surface area contributed by atoms with E-state index in [0.717, 1.165) is 50.6 Å². The lowest BCUT2D eigenvalue weighted by Gasteiger charge is -2.40. The Morgan fingerprint density at radius 1 is 1.04 bits per heavy atom. The zero-order valence-electron chi connectivity index (χ0n) is 35.6. The highest BCUT2D eigenvalue weighted by atomic mass is 32.1. The van der Waals surface area contributed by atoms with Crippen molar-refractivity contribution in [2.75, 3.05) is 39.0 Å². The third-order valence-electron chi connectivity index (χ3n) is 11.0. The SMILES string of the molecule is CCCO[C@H](C[C@H](C(C)C)N(CCC)C(=O)[C@@H](NC(=O)[C@H]1CCCCN1C)[C@@H](C)CC)c1nc(C(=O)NC(Cc2ccc(O)cc2)C[C@H](C)C(=O)NCCS)cs1. The average molecular weight is 831 g/mol. The Kier molecular flexibility index (Phi) is 20.8. The monoisotopic (exact) mass is 830 g/mol. The van der Waals surface area contributed by atoms with E-state index in [0.29, 0.717) is 49.7 Å². The highest BCUT2D eigenvalue weighted by Gasteiger charge is 2.38. The summed E-state index contributed by atoms with van der Waals surface area (Å²) in [6.07, 6.45) is 6.01. The molecule has 1 aliphatic heterocycles. The van der Waals surface area contributed by atoms with Crippen LogP contribution in [0, 0.1) is 17.8 Å². The molecule has 0 spiro atoms. The summed E-state index contributed by atoms with van der Waals surface area (Å²) in [4.78, 5) is 63.8. The van der Waals surface area contributed by atoms with Gasteiger partial charge < -0.3 is 30.7 Å². The number of rotatable bonds is 24. The predicted molar refractivity (Wildman–Crippen MR) is 232 cm³/mol. The van der Waals surface area contributed by atoms with Crippen LogP contribution in [-0.4, -0.2) is 107 Å². The van der Waals surface area contributed by atoms with Gasteiger partial charge in [-0.05, 0) is 81.6 Å². The van der Waals surface area contributed by atoms with E-state index in [1.165, 1.54) is 11.3 Å². The molecule has 4 amide bonds. The summed E-state index contributed by atoms with van der Waals surface area (Å²) in [6, 6.07) is 5.34. The Bertz CT molecular complexity index is 1540. The van der Waals surface area contributed by atoms with E-state index >= 15 is 0 Å². The second kappa shape index (κ2) is 24.7. The van der Waals surface area contributed by atoms with Gasteiger partial charge in [-0.25, -0.2) is 4.98 Å². The van der Waals surface area contributed by atoms with E-state index in [-0.39, 0.29) is 71.0 Å². The maximum absolute atomic E-state index is 14.7. The summed E-state index contributed by atoms with van der Waals surface area (Å²) in [5, 5.41) is 21.4. The topological polar surface area (TPSA) is 153 Å². The van der Waals surface area contributed by atoms with Crippen LogP contribution in [0.2, 0.25) is 0 Å². The van der Waals surface area contributed by atoms with Crippen molar-refractivity contribution in [3.63, 3.8) is 0 Å². The molecule has 0 bridgehead atoms. The molecule has 2 heterocycles. The molecule has 4 N–H and O–H groups in total. The third kappa shape index (κ3) is 14.8. The molecular weight excluding hydrogens is 761 g/mol. The van der Waals surface area contributed by atoms with Crippen LogP contribution in [0.5, 0.6) is 5.75 Å². The number of likely N-dealkylation sites (N-methyl/N-ethyl adjacent to an activating group) is 1. The van der Waals surface area contributed by atoms with Gasteiger partial charge in [0, 0.05) is 55.3 Å². The van der Waals surface area contributed by atoms with E-state index in [1.54, 1.807) is 17.5 Å². The van der Waals surface area contributed by atoms with Gasteiger partial charge in [0.2, 0.25) is 17.7 Å². The molecule has 12 nitrogen and oxygen atoms in total. The first-order valence-corrected chi connectivity index (χ1v) is 22.6. The lowest BCUT2D eigenvalue weighted by atomic mass is 9.92. The lowest BCUT2D eigenvalue weighted by molar-refractivity contribution is -0.143. The van der Waals surface area contributed by atoms with Crippen molar-refractivity contribution in [3.8, 4) is 5.75 Å². The first-order chi connectivity index (χ1) is 27.2. The number of phenolic OH excluding ortho intramolecular Hbond substituents is 1. The van der Waals surface area contributed by atoms with E-state index in [4.69, 9.17) is 9.72 Å². The molecule has 3 rings (SSSR count). The number of piperidine rings is 1. The van der Waals surface area contributed by atoms with Crippen LogP contribution < -0.4 is 16.0 Å². The molecule has 14 heteroatoms. The number of benzene rings is 1. The van der Waals surface area contributed by atoms with Crippen LogP contribution in [0.25, 0.3) is 0 Å². The molecule has 1 unspecified atom stereocenters. The third-order valence-corrected chi connectivity index (χ3v) is 12.2. The number of nitrogens with one attached hydrogen (secondary N) is 3. The minimum Gasteiger partial charge on any atom is -0.508 e. The molecule has 1 aliphatic rings. The van der Waals surface area contributed by atoms with Crippen molar-refractivity contribution in [2.24, 2.45) is 17.8 Å². The Hall–Kier alpha value is -3.20. The molecule has 2 aromatic rings. The highest BCUT2D eigenvalue weighted by molar-refractivity contribution is 7.80. The summed E-state index contributed by atoms with van der Waals surface area (Å²) in [5.74, 6) is -0.279. The van der Waals surface area contributed by atoms with Gasteiger partial charge in [-0.3, -0.25) is 24.1 Å². The van der Waals surface area contributed by atoms with E-state index in [1.807, 2.05) is 44.9 Å². The van der Waals surface area contributed by atoms with Gasteiger partial charge in [0.25, 0.3) is 5.91 Å². The number of phenols is 1. The van der Waals surface area contributed by atoms with Crippen molar-refractivity contribution in [2.45, 2.75) is 137 Å². The molecule has 320 valence electrons. The molecule has 0 aliphatic carbocycles. The summed E-state index contributed by atoms with van der Waals surface area (Å²) >= 11 is 5.56. The maximum atomic E-state index is 14.7. The molecule has 1 fully saturated rings. The molecule has 0 radical (unpaired) electrons. The number of carbonyl (C=O) groups excluding carboxylic acids is 4. The number of carbonyl (C=O) groups is 4. The minimum absolute atomic E-state index is 0.0574. The molecule has 57 heavy (non-hydrogen) atoms. The summed E-state index contributed by atoms with van der Waals surface area (Å²) in [7, 11) is 1.98. The predicted octanol–water partition coefficient (Wildman–Crippen LogP) is 6.40. The summed E-state index contributed by atoms with van der Waals surface area (Å²) < 4.78 is 6.46. The molecular formula is C43H70N6O6S2. The fourth-order valence-electron chi connectivity index (χ4n) is 7.47. The first kappa shape index (κ1) is 48.2. The Labute approximate surface area is 351 Å².